The molecule has 0 unspecified atom stereocenters. The summed E-state index contributed by atoms with van der Waals surface area (Å²) in [5.41, 5.74) is 2.56. The molecule has 1 N–H and O–H groups in total. The minimum atomic E-state index is 0.230. The first-order valence-corrected chi connectivity index (χ1v) is 9.57. The van der Waals surface area contributed by atoms with Gasteiger partial charge < -0.3 is 9.84 Å². The van der Waals surface area contributed by atoms with Crippen LogP contribution in [0.4, 0.5) is 0 Å². The van der Waals surface area contributed by atoms with Crippen LogP contribution in [0, 0.1) is 5.92 Å². The summed E-state index contributed by atoms with van der Waals surface area (Å²) in [7, 11) is 1.59. The molecule has 2 aromatic carbocycles. The molecule has 26 heavy (non-hydrogen) atoms. The number of hydrogen-bond donors (Lipinski definition) is 1. The molecule has 0 spiro atoms. The van der Waals surface area contributed by atoms with Crippen LogP contribution in [-0.2, 0) is 13.1 Å². The standard InChI is InChI=1S/C22H28N2O2/c1-26-22-10-8-18(11-21(22)25)12-23-13-19-7-9-20(16-23)24(15-19)14-17-5-3-2-4-6-17/h2-6,8,10-11,19-20,25H,7,9,12-16H2,1H3/t19-,20+/m0/s1. The smallest absolute Gasteiger partial charge is 0.160 e. The molecule has 0 aromatic heterocycles. The number of ether oxygens (including phenoxy) is 1. The molecule has 3 saturated heterocycles. The van der Waals surface area contributed by atoms with Crippen LogP contribution in [-0.4, -0.2) is 47.7 Å². The lowest BCUT2D eigenvalue weighted by Gasteiger charge is -2.36. The summed E-state index contributed by atoms with van der Waals surface area (Å²) < 4.78 is 5.15. The lowest BCUT2D eigenvalue weighted by Crippen LogP contribution is -2.43. The van der Waals surface area contributed by atoms with E-state index in [4.69, 9.17) is 4.74 Å². The van der Waals surface area contributed by atoms with Crippen molar-refractivity contribution in [3.05, 3.63) is 59.7 Å². The van der Waals surface area contributed by atoms with Crippen molar-refractivity contribution in [1.82, 2.24) is 9.80 Å². The third-order valence-corrected chi connectivity index (χ3v) is 5.78. The fourth-order valence-electron chi connectivity index (χ4n) is 4.51. The van der Waals surface area contributed by atoms with Gasteiger partial charge in [-0.2, -0.15) is 0 Å². The van der Waals surface area contributed by atoms with Crippen molar-refractivity contribution in [3.8, 4) is 11.5 Å². The monoisotopic (exact) mass is 352 g/mol. The van der Waals surface area contributed by atoms with Gasteiger partial charge in [0.15, 0.2) is 11.5 Å². The van der Waals surface area contributed by atoms with E-state index >= 15 is 0 Å². The first-order chi connectivity index (χ1) is 12.7. The van der Waals surface area contributed by atoms with Crippen LogP contribution in [0.15, 0.2) is 48.5 Å². The van der Waals surface area contributed by atoms with E-state index in [0.29, 0.717) is 11.8 Å². The second-order valence-electron chi connectivity index (χ2n) is 7.71. The summed E-state index contributed by atoms with van der Waals surface area (Å²) in [6.45, 7) is 5.40. The Balaban J connectivity index is 1.43. The maximum atomic E-state index is 10.0. The number of aromatic hydroxyl groups is 1. The van der Waals surface area contributed by atoms with Crippen molar-refractivity contribution in [2.75, 3.05) is 26.7 Å². The Labute approximate surface area is 156 Å². The van der Waals surface area contributed by atoms with Crippen LogP contribution < -0.4 is 4.74 Å². The Kier molecular flexibility index (Phi) is 5.14. The van der Waals surface area contributed by atoms with Crippen molar-refractivity contribution < 1.29 is 9.84 Å². The molecule has 0 radical (unpaired) electrons. The molecule has 2 bridgehead atoms. The number of fused-ring (bicyclic) bond motifs is 4. The van der Waals surface area contributed by atoms with Gasteiger partial charge in [0, 0.05) is 38.8 Å². The number of hydrogen-bond acceptors (Lipinski definition) is 4. The Morgan fingerprint density at radius 2 is 1.81 bits per heavy atom. The number of rotatable bonds is 5. The molecule has 5 rings (SSSR count). The van der Waals surface area contributed by atoms with Crippen LogP contribution in [0.1, 0.15) is 24.0 Å². The highest BCUT2D eigenvalue weighted by molar-refractivity contribution is 5.41. The average molecular weight is 352 g/mol. The van der Waals surface area contributed by atoms with Crippen LogP contribution in [0.3, 0.4) is 0 Å². The minimum absolute atomic E-state index is 0.230. The Hall–Kier alpha value is -2.04. The van der Waals surface area contributed by atoms with E-state index in [9.17, 15) is 5.11 Å². The summed E-state index contributed by atoms with van der Waals surface area (Å²) in [5.74, 6) is 1.51. The quantitative estimate of drug-likeness (QED) is 0.893. The third kappa shape index (κ3) is 3.87. The van der Waals surface area contributed by atoms with Gasteiger partial charge in [-0.1, -0.05) is 36.4 Å². The van der Waals surface area contributed by atoms with Crippen molar-refractivity contribution in [3.63, 3.8) is 0 Å². The molecular formula is C22H28N2O2. The molecule has 3 fully saturated rings. The summed E-state index contributed by atoms with van der Waals surface area (Å²) >= 11 is 0. The molecule has 3 aliphatic heterocycles. The first kappa shape index (κ1) is 17.4. The maximum Gasteiger partial charge on any atom is 0.160 e. The SMILES string of the molecule is COc1ccc(CN2C[C@@H]3CC[C@H](C2)N(Cc2ccccc2)C3)cc1O. The van der Waals surface area contributed by atoms with Gasteiger partial charge >= 0.3 is 0 Å². The van der Waals surface area contributed by atoms with Crippen molar-refractivity contribution in [1.29, 1.82) is 0 Å². The zero-order valence-corrected chi connectivity index (χ0v) is 15.5. The number of nitrogens with zero attached hydrogens (tertiary/aromatic N) is 2. The highest BCUT2D eigenvalue weighted by atomic mass is 16.5. The molecule has 138 valence electrons. The van der Waals surface area contributed by atoms with Gasteiger partial charge in [-0.05, 0) is 42.0 Å². The summed E-state index contributed by atoms with van der Waals surface area (Å²) in [6.07, 6.45) is 2.63. The summed E-state index contributed by atoms with van der Waals surface area (Å²) in [6, 6.07) is 17.2. The second kappa shape index (κ2) is 7.68. The topological polar surface area (TPSA) is 35.9 Å². The number of phenols is 1. The molecule has 2 aromatic rings. The first-order valence-electron chi connectivity index (χ1n) is 9.57. The number of methoxy groups -OCH3 is 1. The molecule has 4 nitrogen and oxygen atoms in total. The average Bonchev–Trinajstić information content (AvgIpc) is 2.93. The fraction of sp³-hybridized carbons (Fsp3) is 0.455. The van der Waals surface area contributed by atoms with E-state index in [2.05, 4.69) is 46.2 Å². The highest BCUT2D eigenvalue weighted by Crippen LogP contribution is 2.31. The lowest BCUT2D eigenvalue weighted by atomic mass is 9.94. The van der Waals surface area contributed by atoms with Gasteiger partial charge in [0.25, 0.3) is 0 Å². The number of phenolic OH excluding ortho intramolecular Hbond substituents is 1. The Morgan fingerprint density at radius 1 is 0.962 bits per heavy atom. The third-order valence-electron chi connectivity index (χ3n) is 5.78. The molecule has 0 aliphatic carbocycles. The predicted molar refractivity (Wildman–Crippen MR) is 103 cm³/mol. The van der Waals surface area contributed by atoms with Gasteiger partial charge in [0.05, 0.1) is 7.11 Å². The summed E-state index contributed by atoms with van der Waals surface area (Å²) in [4.78, 5) is 5.24. The minimum Gasteiger partial charge on any atom is -0.504 e. The van der Waals surface area contributed by atoms with Crippen LogP contribution in [0.2, 0.25) is 0 Å². The van der Waals surface area contributed by atoms with Gasteiger partial charge in [-0.15, -0.1) is 0 Å². The normalized spacial score (nSPS) is 23.7. The molecule has 2 atom stereocenters. The Morgan fingerprint density at radius 3 is 2.58 bits per heavy atom. The summed E-state index contributed by atoms with van der Waals surface area (Å²) in [5, 5.41) is 10.0. The van der Waals surface area contributed by atoms with Gasteiger partial charge in [0.1, 0.15) is 0 Å². The Bertz CT molecular complexity index is 734. The van der Waals surface area contributed by atoms with E-state index < -0.39 is 0 Å². The van der Waals surface area contributed by atoms with Crippen LogP contribution >= 0.6 is 0 Å². The lowest BCUT2D eigenvalue weighted by molar-refractivity contribution is 0.123. The van der Waals surface area contributed by atoms with Crippen molar-refractivity contribution in [2.24, 2.45) is 5.92 Å². The second-order valence-corrected chi connectivity index (χ2v) is 7.71. The maximum absolute atomic E-state index is 10.0. The van der Waals surface area contributed by atoms with E-state index in [1.165, 1.54) is 24.9 Å². The fourth-order valence-corrected chi connectivity index (χ4v) is 4.51. The number of benzene rings is 2. The van der Waals surface area contributed by atoms with Crippen molar-refractivity contribution >= 4 is 0 Å². The largest absolute Gasteiger partial charge is 0.504 e. The highest BCUT2D eigenvalue weighted by Gasteiger charge is 2.34. The number of piperidine rings is 1. The zero-order chi connectivity index (χ0) is 17.9. The van der Waals surface area contributed by atoms with Crippen LogP contribution in [0.5, 0.6) is 11.5 Å². The van der Waals surface area contributed by atoms with E-state index in [1.807, 2.05) is 12.1 Å². The van der Waals surface area contributed by atoms with Crippen molar-refractivity contribution in [2.45, 2.75) is 32.0 Å². The van der Waals surface area contributed by atoms with E-state index in [-0.39, 0.29) is 5.75 Å². The molecule has 3 aliphatic rings. The van der Waals surface area contributed by atoms with Gasteiger partial charge in [-0.25, -0.2) is 0 Å². The molecule has 0 saturated carbocycles. The zero-order valence-electron chi connectivity index (χ0n) is 15.5. The molecule has 4 heteroatoms. The molecular weight excluding hydrogens is 324 g/mol. The van der Waals surface area contributed by atoms with Gasteiger partial charge in [-0.3, -0.25) is 9.80 Å². The van der Waals surface area contributed by atoms with Crippen LogP contribution in [0.25, 0.3) is 0 Å². The van der Waals surface area contributed by atoms with E-state index in [0.717, 1.165) is 37.7 Å². The van der Waals surface area contributed by atoms with E-state index in [1.54, 1.807) is 7.11 Å². The van der Waals surface area contributed by atoms with Gasteiger partial charge in [0.2, 0.25) is 0 Å². The molecule has 3 heterocycles. The molecule has 0 amide bonds. The predicted octanol–water partition coefficient (Wildman–Crippen LogP) is 3.50.